The zero-order valence-corrected chi connectivity index (χ0v) is 11.7. The molecule has 4 heteroatoms. The summed E-state index contributed by atoms with van der Waals surface area (Å²) in [4.78, 5) is 0. The Hall–Kier alpha value is -1.91. The van der Waals surface area contributed by atoms with Gasteiger partial charge in [-0.3, -0.25) is 11.3 Å². The van der Waals surface area contributed by atoms with Crippen LogP contribution < -0.4 is 16.0 Å². The van der Waals surface area contributed by atoms with Crippen molar-refractivity contribution < 1.29 is 9.13 Å². The van der Waals surface area contributed by atoms with Gasteiger partial charge in [-0.15, -0.1) is 0 Å². The second kappa shape index (κ2) is 6.50. The van der Waals surface area contributed by atoms with E-state index in [4.69, 9.17) is 10.6 Å². The predicted molar refractivity (Wildman–Crippen MR) is 77.9 cm³/mol. The van der Waals surface area contributed by atoms with Crippen LogP contribution in [-0.4, -0.2) is 7.11 Å². The summed E-state index contributed by atoms with van der Waals surface area (Å²) >= 11 is 0. The van der Waals surface area contributed by atoms with Crippen LogP contribution in [0.15, 0.2) is 42.5 Å². The highest BCUT2D eigenvalue weighted by Crippen LogP contribution is 2.27. The van der Waals surface area contributed by atoms with E-state index in [1.807, 2.05) is 31.2 Å². The standard InChI is InChI=1S/C16H19FN2O/c1-11-7-8-13(17)9-12(11)10-15(19-18)14-5-3-4-6-16(14)20-2/h3-9,15,19H,10,18H2,1-2H3. The number of methoxy groups -OCH3 is 1. The lowest BCUT2D eigenvalue weighted by molar-refractivity contribution is 0.399. The van der Waals surface area contributed by atoms with Gasteiger partial charge in [0.1, 0.15) is 11.6 Å². The summed E-state index contributed by atoms with van der Waals surface area (Å²) in [5.74, 6) is 6.20. The van der Waals surface area contributed by atoms with Crippen LogP contribution >= 0.6 is 0 Å². The summed E-state index contributed by atoms with van der Waals surface area (Å²) in [6, 6.07) is 12.3. The first-order valence-corrected chi connectivity index (χ1v) is 6.49. The molecule has 3 nitrogen and oxygen atoms in total. The summed E-state index contributed by atoms with van der Waals surface area (Å²) in [7, 11) is 1.62. The summed E-state index contributed by atoms with van der Waals surface area (Å²) in [6.07, 6.45) is 0.598. The second-order valence-corrected chi connectivity index (χ2v) is 4.74. The van der Waals surface area contributed by atoms with Crippen LogP contribution in [0, 0.1) is 12.7 Å². The fourth-order valence-corrected chi connectivity index (χ4v) is 2.29. The first kappa shape index (κ1) is 14.5. The quantitative estimate of drug-likeness (QED) is 0.651. The Balaban J connectivity index is 2.31. The topological polar surface area (TPSA) is 47.3 Å². The van der Waals surface area contributed by atoms with Crippen molar-refractivity contribution in [1.82, 2.24) is 5.43 Å². The van der Waals surface area contributed by atoms with Crippen LogP contribution in [0.3, 0.4) is 0 Å². The van der Waals surface area contributed by atoms with Crippen molar-refractivity contribution in [2.75, 3.05) is 7.11 Å². The van der Waals surface area contributed by atoms with Crippen molar-refractivity contribution in [1.29, 1.82) is 0 Å². The van der Waals surface area contributed by atoms with Crippen LogP contribution in [0.1, 0.15) is 22.7 Å². The van der Waals surface area contributed by atoms with Crippen molar-refractivity contribution in [3.05, 3.63) is 65.0 Å². The fourth-order valence-electron chi connectivity index (χ4n) is 2.29. The van der Waals surface area contributed by atoms with Crippen LogP contribution in [0.2, 0.25) is 0 Å². The second-order valence-electron chi connectivity index (χ2n) is 4.74. The zero-order valence-electron chi connectivity index (χ0n) is 11.7. The molecule has 20 heavy (non-hydrogen) atoms. The van der Waals surface area contributed by atoms with E-state index in [-0.39, 0.29) is 11.9 Å². The molecular formula is C16H19FN2O. The fraction of sp³-hybridized carbons (Fsp3) is 0.250. The van der Waals surface area contributed by atoms with E-state index in [2.05, 4.69) is 5.43 Å². The van der Waals surface area contributed by atoms with Crippen LogP contribution in [0.25, 0.3) is 0 Å². The van der Waals surface area contributed by atoms with E-state index in [1.165, 1.54) is 6.07 Å². The largest absolute Gasteiger partial charge is 0.496 e. The molecule has 0 spiro atoms. The highest BCUT2D eigenvalue weighted by molar-refractivity contribution is 5.38. The van der Waals surface area contributed by atoms with Crippen molar-refractivity contribution in [3.8, 4) is 5.75 Å². The zero-order chi connectivity index (χ0) is 14.5. The molecule has 0 amide bonds. The number of hydrogen-bond donors (Lipinski definition) is 2. The molecule has 0 radical (unpaired) electrons. The molecule has 3 N–H and O–H groups in total. The number of nitrogens with one attached hydrogen (secondary N) is 1. The molecule has 0 bridgehead atoms. The Kier molecular flexibility index (Phi) is 4.71. The van der Waals surface area contributed by atoms with E-state index in [0.717, 1.165) is 22.4 Å². The number of ether oxygens (including phenoxy) is 1. The lowest BCUT2D eigenvalue weighted by Crippen LogP contribution is -2.30. The van der Waals surface area contributed by atoms with Gasteiger partial charge in [-0.25, -0.2) is 4.39 Å². The maximum Gasteiger partial charge on any atom is 0.123 e. The van der Waals surface area contributed by atoms with Gasteiger partial charge < -0.3 is 4.74 Å². The van der Waals surface area contributed by atoms with Gasteiger partial charge in [-0.1, -0.05) is 24.3 Å². The molecule has 2 rings (SSSR count). The van der Waals surface area contributed by atoms with Crippen molar-refractivity contribution in [2.45, 2.75) is 19.4 Å². The molecule has 0 aliphatic rings. The Bertz CT molecular complexity index is 586. The number of aryl methyl sites for hydroxylation is 1. The van der Waals surface area contributed by atoms with Gasteiger partial charge >= 0.3 is 0 Å². The Morgan fingerprint density at radius 1 is 1.25 bits per heavy atom. The van der Waals surface area contributed by atoms with Gasteiger partial charge in [0.15, 0.2) is 0 Å². The van der Waals surface area contributed by atoms with E-state index >= 15 is 0 Å². The lowest BCUT2D eigenvalue weighted by atomic mass is 9.96. The maximum atomic E-state index is 13.4. The van der Waals surface area contributed by atoms with Crippen molar-refractivity contribution in [3.63, 3.8) is 0 Å². The highest BCUT2D eigenvalue weighted by Gasteiger charge is 2.16. The van der Waals surface area contributed by atoms with E-state index in [1.54, 1.807) is 19.2 Å². The Labute approximate surface area is 118 Å². The first-order valence-electron chi connectivity index (χ1n) is 6.49. The molecule has 0 saturated carbocycles. The Morgan fingerprint density at radius 2 is 2.00 bits per heavy atom. The van der Waals surface area contributed by atoms with Crippen molar-refractivity contribution >= 4 is 0 Å². The maximum absolute atomic E-state index is 13.4. The minimum Gasteiger partial charge on any atom is -0.496 e. The molecule has 106 valence electrons. The van der Waals surface area contributed by atoms with Gasteiger partial charge in [0.05, 0.1) is 13.2 Å². The first-order chi connectivity index (χ1) is 9.65. The lowest BCUT2D eigenvalue weighted by Gasteiger charge is -2.20. The monoisotopic (exact) mass is 274 g/mol. The number of hydrogen-bond acceptors (Lipinski definition) is 3. The molecule has 0 saturated heterocycles. The summed E-state index contributed by atoms with van der Waals surface area (Å²) in [5.41, 5.74) is 5.72. The molecule has 2 aromatic carbocycles. The van der Waals surface area contributed by atoms with Crippen LogP contribution in [0.4, 0.5) is 4.39 Å². The van der Waals surface area contributed by atoms with Crippen LogP contribution in [-0.2, 0) is 6.42 Å². The van der Waals surface area contributed by atoms with Crippen LogP contribution in [0.5, 0.6) is 5.75 Å². The summed E-state index contributed by atoms with van der Waals surface area (Å²) in [6.45, 7) is 1.96. The Morgan fingerprint density at radius 3 is 2.70 bits per heavy atom. The molecule has 0 fully saturated rings. The third-order valence-electron chi connectivity index (χ3n) is 3.45. The third-order valence-corrected chi connectivity index (χ3v) is 3.45. The van der Waals surface area contributed by atoms with E-state index < -0.39 is 0 Å². The minimum absolute atomic E-state index is 0.133. The number of nitrogens with two attached hydrogens (primary N) is 1. The molecule has 0 heterocycles. The van der Waals surface area contributed by atoms with Gasteiger partial charge in [0, 0.05) is 5.56 Å². The van der Waals surface area contributed by atoms with Gasteiger partial charge in [0.25, 0.3) is 0 Å². The molecule has 2 aromatic rings. The predicted octanol–water partition coefficient (Wildman–Crippen LogP) is 2.89. The number of halogens is 1. The number of benzene rings is 2. The van der Waals surface area contributed by atoms with Gasteiger partial charge in [-0.2, -0.15) is 0 Å². The molecule has 0 aliphatic carbocycles. The molecular weight excluding hydrogens is 255 g/mol. The van der Waals surface area contributed by atoms with E-state index in [9.17, 15) is 4.39 Å². The van der Waals surface area contributed by atoms with Gasteiger partial charge in [-0.05, 0) is 42.7 Å². The normalized spacial score (nSPS) is 12.2. The molecule has 1 atom stereocenters. The molecule has 0 aliphatic heterocycles. The molecule has 1 unspecified atom stereocenters. The minimum atomic E-state index is -0.235. The number of para-hydroxylation sites is 1. The SMILES string of the molecule is COc1ccccc1C(Cc1cc(F)ccc1C)NN. The van der Waals surface area contributed by atoms with Gasteiger partial charge in [0.2, 0.25) is 0 Å². The van der Waals surface area contributed by atoms with E-state index in [0.29, 0.717) is 6.42 Å². The van der Waals surface area contributed by atoms with Crippen molar-refractivity contribution in [2.24, 2.45) is 5.84 Å². The molecule has 0 aromatic heterocycles. The summed E-state index contributed by atoms with van der Waals surface area (Å²) in [5, 5.41) is 0. The third kappa shape index (κ3) is 3.15. The number of hydrazine groups is 1. The highest BCUT2D eigenvalue weighted by atomic mass is 19.1. The number of rotatable bonds is 5. The summed E-state index contributed by atoms with van der Waals surface area (Å²) < 4.78 is 18.7. The smallest absolute Gasteiger partial charge is 0.123 e. The average molecular weight is 274 g/mol. The average Bonchev–Trinajstić information content (AvgIpc) is 2.48.